The van der Waals surface area contributed by atoms with Crippen molar-refractivity contribution >= 4 is 0 Å². The lowest BCUT2D eigenvalue weighted by Crippen LogP contribution is -2.63. The Bertz CT molecular complexity index is 848. The molecule has 2 rings (SSSR count). The minimum atomic E-state index is 0.0704. The van der Waals surface area contributed by atoms with Gasteiger partial charge in [-0.3, -0.25) is 0 Å². The summed E-state index contributed by atoms with van der Waals surface area (Å²) in [6, 6.07) is 0. The van der Waals surface area contributed by atoms with E-state index in [4.69, 9.17) is 13.2 Å². The molecule has 0 aromatic carbocycles. The van der Waals surface area contributed by atoms with Crippen LogP contribution in [0.4, 0.5) is 0 Å². The van der Waals surface area contributed by atoms with E-state index in [-0.39, 0.29) is 43.3 Å². The molecule has 0 radical (unpaired) electrons. The molecule has 0 nitrogen and oxygen atoms in total. The largest absolute Gasteiger partial charge is 0.0989 e. The second kappa shape index (κ2) is 8.50. The molecule has 0 N–H and O–H groups in total. The molecule has 0 heteroatoms. The fraction of sp³-hybridized carbons (Fsp3) is 0.886. The maximum Gasteiger partial charge on any atom is 0.00205 e. The van der Waals surface area contributed by atoms with E-state index in [2.05, 4.69) is 111 Å². The first-order valence-corrected chi connectivity index (χ1v) is 14.9. The van der Waals surface area contributed by atoms with Crippen LogP contribution in [-0.4, -0.2) is 0 Å². The van der Waals surface area contributed by atoms with E-state index in [9.17, 15) is 0 Å². The first-order chi connectivity index (χ1) is 15.5. The van der Waals surface area contributed by atoms with Crippen molar-refractivity contribution in [1.82, 2.24) is 0 Å². The van der Waals surface area contributed by atoms with Crippen molar-refractivity contribution < 1.29 is 0 Å². The van der Waals surface area contributed by atoms with Gasteiger partial charge in [0.05, 0.1) is 0 Å². The Morgan fingerprint density at radius 3 is 1.63 bits per heavy atom. The van der Waals surface area contributed by atoms with Gasteiger partial charge in [-0.15, -0.1) is 0 Å². The van der Waals surface area contributed by atoms with Gasteiger partial charge in [-0.1, -0.05) is 142 Å². The van der Waals surface area contributed by atoms with Crippen molar-refractivity contribution in [2.75, 3.05) is 0 Å². The van der Waals surface area contributed by atoms with Gasteiger partial charge in [0.15, 0.2) is 0 Å². The smallest absolute Gasteiger partial charge is 0.00205 e. The molecule has 0 amide bonds. The van der Waals surface area contributed by atoms with Gasteiger partial charge in [0.2, 0.25) is 0 Å². The first-order valence-electron chi connectivity index (χ1n) is 14.9. The van der Waals surface area contributed by atoms with Crippen molar-refractivity contribution in [3.8, 4) is 0 Å². The Hall–Kier alpha value is -0.520. The number of hydrogen-bond acceptors (Lipinski definition) is 0. The van der Waals surface area contributed by atoms with Gasteiger partial charge < -0.3 is 0 Å². The third-order valence-corrected chi connectivity index (χ3v) is 14.6. The van der Waals surface area contributed by atoms with E-state index in [0.717, 1.165) is 12.8 Å². The summed E-state index contributed by atoms with van der Waals surface area (Å²) in [5.41, 5.74) is 4.25. The van der Waals surface area contributed by atoms with E-state index in [1.807, 2.05) is 0 Å². The lowest BCUT2D eigenvalue weighted by Gasteiger charge is -2.69. The van der Waals surface area contributed by atoms with Crippen LogP contribution in [0.2, 0.25) is 0 Å². The quantitative estimate of drug-likeness (QED) is 0.329. The molecular weight excluding hydrogens is 420 g/mol. The molecule has 0 heterocycles. The third kappa shape index (κ3) is 3.22. The monoisotopic (exact) mass is 485 g/mol. The van der Waals surface area contributed by atoms with Crippen molar-refractivity contribution in [3.05, 3.63) is 24.3 Å². The van der Waals surface area contributed by atoms with Crippen LogP contribution in [0.5, 0.6) is 0 Å². The zero-order valence-corrected chi connectivity index (χ0v) is 27.1. The molecule has 7 atom stereocenters. The minimum Gasteiger partial charge on any atom is -0.0989 e. The van der Waals surface area contributed by atoms with Crippen molar-refractivity contribution in [1.29, 1.82) is 0 Å². The second-order valence-electron chi connectivity index (χ2n) is 16.0. The molecule has 2 aliphatic carbocycles. The average Bonchev–Trinajstić information content (AvgIpc) is 2.87. The van der Waals surface area contributed by atoms with Gasteiger partial charge in [0.1, 0.15) is 0 Å². The Balaban J connectivity index is 3.03. The number of rotatable bonds is 6. The molecule has 2 aliphatic rings. The molecule has 35 heavy (non-hydrogen) atoms. The molecule has 204 valence electrons. The predicted molar refractivity (Wildman–Crippen MR) is 159 cm³/mol. The van der Waals surface area contributed by atoms with Gasteiger partial charge in [-0.2, -0.15) is 0 Å². The highest BCUT2D eigenvalue weighted by Gasteiger charge is 2.76. The van der Waals surface area contributed by atoms with E-state index in [1.165, 1.54) is 30.4 Å². The Labute approximate surface area is 222 Å². The average molecular weight is 485 g/mol. The number of hydrogen-bond donors (Lipinski definition) is 0. The summed E-state index contributed by atoms with van der Waals surface area (Å²) in [4.78, 5) is 0. The molecule has 0 aromatic rings. The minimum absolute atomic E-state index is 0.0704. The SMILES string of the molecule is C=C1C(C)C(=C)[C@](CC)(C(C)(C)C)[C@](C)(CC)C1[C@]1(C)C[C@](C)(C(C)(C)CC)[C@@](C)(CC)C1(C)C. The lowest BCUT2D eigenvalue weighted by atomic mass is 9.34. The van der Waals surface area contributed by atoms with Gasteiger partial charge in [-0.05, 0) is 75.4 Å². The van der Waals surface area contributed by atoms with Crippen molar-refractivity contribution in [3.63, 3.8) is 0 Å². The van der Waals surface area contributed by atoms with Crippen molar-refractivity contribution in [2.24, 2.45) is 55.2 Å². The van der Waals surface area contributed by atoms with E-state index >= 15 is 0 Å². The van der Waals surface area contributed by atoms with Gasteiger partial charge in [-0.25, -0.2) is 0 Å². The van der Waals surface area contributed by atoms with Gasteiger partial charge in [0, 0.05) is 5.41 Å². The summed E-state index contributed by atoms with van der Waals surface area (Å²) < 4.78 is 0. The second-order valence-corrected chi connectivity index (χ2v) is 16.0. The van der Waals surface area contributed by atoms with Crippen LogP contribution in [0.3, 0.4) is 0 Å². The zero-order valence-electron chi connectivity index (χ0n) is 27.1. The summed E-state index contributed by atoms with van der Waals surface area (Å²) >= 11 is 0. The summed E-state index contributed by atoms with van der Waals surface area (Å²) in [5, 5.41) is 0. The van der Waals surface area contributed by atoms with Gasteiger partial charge >= 0.3 is 0 Å². The zero-order chi connectivity index (χ0) is 27.8. The molecule has 0 saturated heterocycles. The fourth-order valence-electron chi connectivity index (χ4n) is 11.1. The summed E-state index contributed by atoms with van der Waals surface area (Å²) in [7, 11) is 0. The highest BCUT2D eigenvalue weighted by molar-refractivity contribution is 5.40. The molecule has 0 spiro atoms. The topological polar surface area (TPSA) is 0 Å². The molecule has 2 saturated carbocycles. The van der Waals surface area contributed by atoms with Crippen LogP contribution in [0.25, 0.3) is 0 Å². The van der Waals surface area contributed by atoms with Crippen molar-refractivity contribution in [2.45, 2.75) is 143 Å². The molecular formula is C35H64. The summed E-state index contributed by atoms with van der Waals surface area (Å²) in [5.74, 6) is 0.806. The Morgan fingerprint density at radius 1 is 0.800 bits per heavy atom. The third-order valence-electron chi connectivity index (χ3n) is 14.6. The predicted octanol–water partition coefficient (Wildman–Crippen LogP) is 11.5. The van der Waals surface area contributed by atoms with Crippen LogP contribution in [0, 0.1) is 55.2 Å². The van der Waals surface area contributed by atoms with E-state index < -0.39 is 0 Å². The highest BCUT2D eigenvalue weighted by Crippen LogP contribution is 2.82. The van der Waals surface area contributed by atoms with Crippen LogP contribution < -0.4 is 0 Å². The van der Waals surface area contributed by atoms with Crippen LogP contribution >= 0.6 is 0 Å². The molecule has 0 aromatic heterocycles. The van der Waals surface area contributed by atoms with E-state index in [1.54, 1.807) is 0 Å². The normalized spacial score (nSPS) is 44.7. The molecule has 2 unspecified atom stereocenters. The molecule has 0 bridgehead atoms. The maximum atomic E-state index is 4.95. The Kier molecular flexibility index (Phi) is 7.45. The maximum absolute atomic E-state index is 4.95. The lowest BCUT2D eigenvalue weighted by molar-refractivity contribution is -0.146. The number of allylic oxidation sites excluding steroid dienone is 2. The molecule has 2 fully saturated rings. The van der Waals surface area contributed by atoms with Crippen LogP contribution in [0.1, 0.15) is 143 Å². The highest BCUT2D eigenvalue weighted by atomic mass is 14.8. The van der Waals surface area contributed by atoms with Gasteiger partial charge in [0.25, 0.3) is 0 Å². The van der Waals surface area contributed by atoms with Crippen LogP contribution in [0.15, 0.2) is 24.3 Å². The summed E-state index contributed by atoms with van der Waals surface area (Å²) in [6.07, 6.45) is 6.01. The Morgan fingerprint density at radius 2 is 1.29 bits per heavy atom. The fourth-order valence-corrected chi connectivity index (χ4v) is 11.1. The summed E-state index contributed by atoms with van der Waals surface area (Å²) in [6.45, 7) is 50.4. The first kappa shape index (κ1) is 30.7. The van der Waals surface area contributed by atoms with E-state index in [0.29, 0.717) is 11.8 Å². The van der Waals surface area contributed by atoms with Crippen LogP contribution in [-0.2, 0) is 0 Å². The molecule has 0 aliphatic heterocycles. The standard InChI is InChI=1S/C35H64/c1-19-29(11,12)34(18)23-32(16,30(13,14)33(34,17)21-3)27-25(6)24(5)26(7)35(22-4,28(8,9)10)31(27,15)20-2/h24,27H,6-7,19-23H2,1-5,8-18H3/t24?,27?,31-,32+,33+,34-,35-/m1/s1.